The number of carbonyl (C=O) groups excluding carboxylic acids is 4. The second-order valence-electron chi connectivity index (χ2n) is 5.78. The first-order chi connectivity index (χ1) is 11.5. The van der Waals surface area contributed by atoms with Gasteiger partial charge >= 0.3 is 0 Å². The smallest absolute Gasteiger partial charge is 0.262 e. The minimum Gasteiger partial charge on any atom is -0.385 e. The third-order valence-electron chi connectivity index (χ3n) is 4.15. The number of carbonyl (C=O) groups is 4. The maximum absolute atomic E-state index is 12.6. The lowest BCUT2D eigenvalue weighted by atomic mass is 10.0. The molecular formula is C16H19ClN4O4. The van der Waals surface area contributed by atoms with Crippen molar-refractivity contribution in [2.24, 2.45) is 5.73 Å². The van der Waals surface area contributed by atoms with E-state index in [1.54, 1.807) is 18.2 Å². The van der Waals surface area contributed by atoms with E-state index in [0.717, 1.165) is 11.3 Å². The zero-order valence-corrected chi connectivity index (χ0v) is 14.2. The third-order valence-corrected chi connectivity index (χ3v) is 4.15. The molecule has 0 saturated carbocycles. The summed E-state index contributed by atoms with van der Waals surface area (Å²) in [5, 5.41) is 5.31. The topological polar surface area (TPSA) is 122 Å². The summed E-state index contributed by atoms with van der Waals surface area (Å²) < 4.78 is 0. The number of hydrogen-bond acceptors (Lipinski definition) is 6. The molecule has 0 aromatic heterocycles. The molecule has 1 aromatic rings. The molecule has 1 unspecified atom stereocenters. The lowest BCUT2D eigenvalue weighted by Gasteiger charge is -2.27. The minimum atomic E-state index is -0.941. The van der Waals surface area contributed by atoms with E-state index >= 15 is 0 Å². The molecule has 134 valence electrons. The fraction of sp³-hybridized carbons (Fsp3) is 0.375. The maximum atomic E-state index is 12.6. The third kappa shape index (κ3) is 3.49. The fourth-order valence-corrected chi connectivity index (χ4v) is 2.92. The Bertz CT molecular complexity index is 737. The number of halogens is 1. The Balaban J connectivity index is 0.00000225. The number of rotatable bonds is 5. The van der Waals surface area contributed by atoms with Gasteiger partial charge in [0, 0.05) is 18.7 Å². The number of nitrogens with zero attached hydrogens (tertiary/aromatic N) is 1. The molecule has 25 heavy (non-hydrogen) atoms. The van der Waals surface area contributed by atoms with E-state index in [1.807, 2.05) is 0 Å². The fourth-order valence-electron chi connectivity index (χ4n) is 2.92. The van der Waals surface area contributed by atoms with Crippen molar-refractivity contribution in [2.45, 2.75) is 25.3 Å². The number of imide groups is 2. The molecule has 1 aromatic carbocycles. The number of fused-ring (bicyclic) bond motifs is 1. The Morgan fingerprint density at radius 1 is 1.16 bits per heavy atom. The van der Waals surface area contributed by atoms with Crippen LogP contribution in [0.25, 0.3) is 0 Å². The Hall–Kier alpha value is -2.45. The van der Waals surface area contributed by atoms with Crippen LogP contribution in [-0.2, 0) is 9.59 Å². The maximum Gasteiger partial charge on any atom is 0.262 e. The van der Waals surface area contributed by atoms with Gasteiger partial charge < -0.3 is 11.1 Å². The molecule has 4 N–H and O–H groups in total. The lowest BCUT2D eigenvalue weighted by Crippen LogP contribution is -2.54. The Labute approximate surface area is 150 Å². The number of nitrogens with two attached hydrogens (primary N) is 1. The van der Waals surface area contributed by atoms with Crippen LogP contribution >= 0.6 is 12.4 Å². The normalized spacial score (nSPS) is 19.4. The van der Waals surface area contributed by atoms with Crippen LogP contribution in [0.2, 0.25) is 0 Å². The van der Waals surface area contributed by atoms with Gasteiger partial charge in [-0.25, -0.2) is 0 Å². The molecule has 1 atom stereocenters. The molecule has 2 heterocycles. The summed E-state index contributed by atoms with van der Waals surface area (Å²) in [6, 6.07) is 3.96. The standard InChI is InChI=1S/C16H18N4O4.ClH/c17-6-1-7-18-9-2-3-10-11(8-9)16(24)20(15(10)23)12-4-5-13(21)19-14(12)22;/h2-3,8,12,18H,1,4-7,17H2,(H,19,21,22);1H. The summed E-state index contributed by atoms with van der Waals surface area (Å²) >= 11 is 0. The molecule has 0 aliphatic carbocycles. The molecule has 0 spiro atoms. The van der Waals surface area contributed by atoms with Crippen LogP contribution in [0.5, 0.6) is 0 Å². The summed E-state index contributed by atoms with van der Waals surface area (Å²) in [5.74, 6) is -2.01. The SMILES string of the molecule is Cl.NCCCNc1ccc2c(c1)C(=O)N(C1CCC(=O)NC1=O)C2=O. The average Bonchev–Trinajstić information content (AvgIpc) is 2.80. The highest BCUT2D eigenvalue weighted by Crippen LogP contribution is 2.29. The van der Waals surface area contributed by atoms with Gasteiger partial charge in [-0.15, -0.1) is 12.4 Å². The number of amides is 4. The summed E-state index contributed by atoms with van der Waals surface area (Å²) in [6.45, 7) is 1.22. The summed E-state index contributed by atoms with van der Waals surface area (Å²) in [5.41, 5.74) is 6.69. The molecule has 2 aliphatic rings. The van der Waals surface area contributed by atoms with E-state index < -0.39 is 23.8 Å². The van der Waals surface area contributed by atoms with Gasteiger partial charge in [0.05, 0.1) is 11.1 Å². The van der Waals surface area contributed by atoms with Gasteiger partial charge in [0.2, 0.25) is 11.8 Å². The highest BCUT2D eigenvalue weighted by Gasteiger charge is 2.44. The van der Waals surface area contributed by atoms with E-state index in [4.69, 9.17) is 5.73 Å². The summed E-state index contributed by atoms with van der Waals surface area (Å²) in [7, 11) is 0. The molecule has 8 nitrogen and oxygen atoms in total. The number of anilines is 1. The molecule has 0 bridgehead atoms. The molecule has 3 rings (SSSR count). The largest absolute Gasteiger partial charge is 0.385 e. The van der Waals surface area contributed by atoms with Gasteiger partial charge in [0.1, 0.15) is 6.04 Å². The first-order valence-corrected chi connectivity index (χ1v) is 7.82. The van der Waals surface area contributed by atoms with Crippen LogP contribution in [-0.4, -0.2) is 47.7 Å². The van der Waals surface area contributed by atoms with Crippen molar-refractivity contribution in [3.05, 3.63) is 29.3 Å². The second kappa shape index (κ2) is 7.62. The number of benzene rings is 1. The predicted molar refractivity (Wildman–Crippen MR) is 92.5 cm³/mol. The Kier molecular flexibility index (Phi) is 5.76. The minimum absolute atomic E-state index is 0. The van der Waals surface area contributed by atoms with Crippen LogP contribution < -0.4 is 16.4 Å². The first kappa shape index (κ1) is 18.9. The van der Waals surface area contributed by atoms with Gasteiger partial charge in [0.15, 0.2) is 0 Å². The quantitative estimate of drug-likeness (QED) is 0.508. The second-order valence-corrected chi connectivity index (χ2v) is 5.78. The van der Waals surface area contributed by atoms with E-state index in [9.17, 15) is 19.2 Å². The number of piperidine rings is 1. The molecule has 9 heteroatoms. The van der Waals surface area contributed by atoms with E-state index in [1.165, 1.54) is 0 Å². The van der Waals surface area contributed by atoms with E-state index in [0.29, 0.717) is 18.8 Å². The summed E-state index contributed by atoms with van der Waals surface area (Å²) in [6.07, 6.45) is 1.04. The Morgan fingerprint density at radius 2 is 1.88 bits per heavy atom. The highest BCUT2D eigenvalue weighted by atomic mass is 35.5. The molecule has 1 saturated heterocycles. The summed E-state index contributed by atoms with van der Waals surface area (Å²) in [4.78, 5) is 49.3. The number of nitrogens with one attached hydrogen (secondary N) is 2. The molecule has 1 fully saturated rings. The Morgan fingerprint density at radius 3 is 2.56 bits per heavy atom. The average molecular weight is 367 g/mol. The van der Waals surface area contributed by atoms with Gasteiger partial charge in [-0.2, -0.15) is 0 Å². The number of hydrogen-bond donors (Lipinski definition) is 3. The van der Waals surface area contributed by atoms with E-state index in [2.05, 4.69) is 10.6 Å². The van der Waals surface area contributed by atoms with Crippen molar-refractivity contribution in [1.29, 1.82) is 0 Å². The van der Waals surface area contributed by atoms with Crippen LogP contribution in [0.15, 0.2) is 18.2 Å². The van der Waals surface area contributed by atoms with Crippen molar-refractivity contribution in [1.82, 2.24) is 10.2 Å². The van der Waals surface area contributed by atoms with Crippen molar-refractivity contribution in [3.63, 3.8) is 0 Å². The molecule has 0 radical (unpaired) electrons. The van der Waals surface area contributed by atoms with Crippen molar-refractivity contribution >= 4 is 41.7 Å². The van der Waals surface area contributed by atoms with Crippen LogP contribution in [0.3, 0.4) is 0 Å². The van der Waals surface area contributed by atoms with Gasteiger partial charge in [0.25, 0.3) is 11.8 Å². The van der Waals surface area contributed by atoms with Crippen molar-refractivity contribution in [2.75, 3.05) is 18.4 Å². The van der Waals surface area contributed by atoms with Crippen LogP contribution in [0, 0.1) is 0 Å². The first-order valence-electron chi connectivity index (χ1n) is 7.82. The van der Waals surface area contributed by atoms with Gasteiger partial charge in [-0.05, 0) is 37.6 Å². The van der Waals surface area contributed by atoms with Crippen molar-refractivity contribution < 1.29 is 19.2 Å². The van der Waals surface area contributed by atoms with Gasteiger partial charge in [-0.3, -0.25) is 29.4 Å². The van der Waals surface area contributed by atoms with Crippen molar-refractivity contribution in [3.8, 4) is 0 Å². The van der Waals surface area contributed by atoms with Crippen LogP contribution in [0.4, 0.5) is 5.69 Å². The molecule has 4 amide bonds. The van der Waals surface area contributed by atoms with Gasteiger partial charge in [-0.1, -0.05) is 0 Å². The zero-order chi connectivity index (χ0) is 17.3. The predicted octanol–water partition coefficient (Wildman–Crippen LogP) is 0.270. The van der Waals surface area contributed by atoms with Crippen LogP contribution in [0.1, 0.15) is 40.0 Å². The monoisotopic (exact) mass is 366 g/mol. The lowest BCUT2D eigenvalue weighted by molar-refractivity contribution is -0.136. The molecule has 2 aliphatic heterocycles. The zero-order valence-electron chi connectivity index (χ0n) is 13.4. The highest BCUT2D eigenvalue weighted by molar-refractivity contribution is 6.23. The molecular weight excluding hydrogens is 348 g/mol. The van der Waals surface area contributed by atoms with E-state index in [-0.39, 0.29) is 42.3 Å².